The van der Waals surface area contributed by atoms with Crippen LogP contribution in [0.1, 0.15) is 30.5 Å². The fourth-order valence-electron chi connectivity index (χ4n) is 5.20. The minimum atomic E-state index is -4.66. The molecular formula is C36H39ClN4O7S. The van der Waals surface area contributed by atoms with E-state index in [0.717, 1.165) is 21.5 Å². The molecule has 0 aliphatic carbocycles. The van der Waals surface area contributed by atoms with Gasteiger partial charge in [0.15, 0.2) is 0 Å². The summed E-state index contributed by atoms with van der Waals surface area (Å²) in [7, 11) is -3.32. The Labute approximate surface area is 291 Å². The van der Waals surface area contributed by atoms with Crippen LogP contribution in [-0.2, 0) is 32.6 Å². The molecule has 0 fully saturated rings. The molecule has 49 heavy (non-hydrogen) atoms. The summed E-state index contributed by atoms with van der Waals surface area (Å²) in [5, 5.41) is 14.9. The van der Waals surface area contributed by atoms with Crippen molar-refractivity contribution in [2.24, 2.45) is 5.92 Å². The molecule has 1 N–H and O–H groups in total. The Morgan fingerprint density at radius 3 is 2.16 bits per heavy atom. The average Bonchev–Trinajstić information content (AvgIpc) is 3.08. The molecule has 0 saturated carbocycles. The van der Waals surface area contributed by atoms with Gasteiger partial charge in [-0.25, -0.2) is 8.42 Å². The highest BCUT2D eigenvalue weighted by molar-refractivity contribution is 7.92. The van der Waals surface area contributed by atoms with Crippen LogP contribution in [0.5, 0.6) is 5.75 Å². The molecule has 4 aromatic carbocycles. The molecule has 13 heteroatoms. The molecule has 0 aliphatic heterocycles. The number of nitro groups is 1. The minimum absolute atomic E-state index is 0.0111. The zero-order valence-corrected chi connectivity index (χ0v) is 29.3. The Hall–Kier alpha value is -4.94. The van der Waals surface area contributed by atoms with Crippen molar-refractivity contribution < 1.29 is 27.7 Å². The number of carbonyl (C=O) groups is 2. The number of hydrogen-bond donors (Lipinski definition) is 1. The van der Waals surface area contributed by atoms with Gasteiger partial charge in [-0.1, -0.05) is 92.2 Å². The maximum Gasteiger partial charge on any atom is 0.273 e. The maximum absolute atomic E-state index is 14.7. The number of nitrogens with one attached hydrogen (secondary N) is 1. The summed E-state index contributed by atoms with van der Waals surface area (Å²) in [5.41, 5.74) is 1.31. The van der Waals surface area contributed by atoms with Crippen LogP contribution in [0.15, 0.2) is 102 Å². The molecule has 0 heterocycles. The van der Waals surface area contributed by atoms with Crippen LogP contribution in [0.4, 0.5) is 11.4 Å². The average molecular weight is 707 g/mol. The smallest absolute Gasteiger partial charge is 0.273 e. The lowest BCUT2D eigenvalue weighted by atomic mass is 10.0. The SMILES string of the molecule is COc1ccc(Cl)cc1N(CC(=O)N(Cc1ccccc1)C(Cc1ccccc1)C(=O)NCC(C)C)S(=O)(=O)c1ccc(C)c([N+](=O)[O-])c1. The highest BCUT2D eigenvalue weighted by atomic mass is 35.5. The summed E-state index contributed by atoms with van der Waals surface area (Å²) in [5.74, 6) is -0.871. The number of nitro benzene ring substituents is 1. The van der Waals surface area contributed by atoms with Crippen molar-refractivity contribution in [3.05, 3.63) is 129 Å². The molecule has 0 radical (unpaired) electrons. The first-order valence-electron chi connectivity index (χ1n) is 15.6. The van der Waals surface area contributed by atoms with Gasteiger partial charge in [0.25, 0.3) is 15.7 Å². The van der Waals surface area contributed by atoms with E-state index in [9.17, 15) is 28.1 Å². The number of amides is 2. The van der Waals surface area contributed by atoms with E-state index in [4.69, 9.17) is 16.3 Å². The van der Waals surface area contributed by atoms with E-state index >= 15 is 0 Å². The number of sulfonamides is 1. The first-order valence-corrected chi connectivity index (χ1v) is 17.4. The normalized spacial score (nSPS) is 11.9. The first-order chi connectivity index (χ1) is 23.3. The highest BCUT2D eigenvalue weighted by Gasteiger charge is 2.36. The molecule has 4 rings (SSSR count). The molecule has 258 valence electrons. The maximum atomic E-state index is 14.7. The first kappa shape index (κ1) is 36.9. The predicted octanol–water partition coefficient (Wildman–Crippen LogP) is 6.17. The Bertz CT molecular complexity index is 1890. The van der Waals surface area contributed by atoms with Crippen molar-refractivity contribution in [3.8, 4) is 5.75 Å². The van der Waals surface area contributed by atoms with Crippen LogP contribution in [0.25, 0.3) is 0 Å². The molecule has 0 aliphatic rings. The Morgan fingerprint density at radius 1 is 0.939 bits per heavy atom. The lowest BCUT2D eigenvalue weighted by Crippen LogP contribution is -2.53. The van der Waals surface area contributed by atoms with Crippen LogP contribution in [-0.4, -0.2) is 56.3 Å². The van der Waals surface area contributed by atoms with E-state index < -0.39 is 49.9 Å². The number of aryl methyl sites for hydroxylation is 1. The number of carbonyl (C=O) groups excluding carboxylic acids is 2. The number of nitrogens with zero attached hydrogens (tertiary/aromatic N) is 3. The number of rotatable bonds is 15. The van der Waals surface area contributed by atoms with Gasteiger partial charge in [0, 0.05) is 36.2 Å². The van der Waals surface area contributed by atoms with E-state index in [1.54, 1.807) is 12.1 Å². The monoisotopic (exact) mass is 706 g/mol. The van der Waals surface area contributed by atoms with Crippen molar-refractivity contribution >= 4 is 44.8 Å². The molecule has 4 aromatic rings. The summed E-state index contributed by atoms with van der Waals surface area (Å²) >= 11 is 6.34. The van der Waals surface area contributed by atoms with E-state index in [0.29, 0.717) is 6.54 Å². The quantitative estimate of drug-likeness (QED) is 0.115. The third-order valence-corrected chi connectivity index (χ3v) is 9.80. The van der Waals surface area contributed by atoms with Gasteiger partial charge in [0.05, 0.1) is 22.6 Å². The van der Waals surface area contributed by atoms with Crippen molar-refractivity contribution in [2.45, 2.75) is 44.7 Å². The van der Waals surface area contributed by atoms with Gasteiger partial charge in [-0.2, -0.15) is 0 Å². The molecular weight excluding hydrogens is 668 g/mol. The van der Waals surface area contributed by atoms with Gasteiger partial charge in [-0.05, 0) is 48.2 Å². The highest BCUT2D eigenvalue weighted by Crippen LogP contribution is 2.36. The third kappa shape index (κ3) is 9.36. The van der Waals surface area contributed by atoms with E-state index in [-0.39, 0.29) is 40.9 Å². The van der Waals surface area contributed by atoms with E-state index in [1.165, 1.54) is 49.3 Å². The second kappa shape index (κ2) is 16.4. The number of methoxy groups -OCH3 is 1. The second-order valence-corrected chi connectivity index (χ2v) is 14.2. The second-order valence-electron chi connectivity index (χ2n) is 11.9. The van der Waals surface area contributed by atoms with Gasteiger partial charge in [-0.15, -0.1) is 0 Å². The zero-order chi connectivity index (χ0) is 35.7. The van der Waals surface area contributed by atoms with Crippen LogP contribution in [0, 0.1) is 23.0 Å². The molecule has 0 aromatic heterocycles. The van der Waals surface area contributed by atoms with Gasteiger partial charge in [-0.3, -0.25) is 24.0 Å². The molecule has 1 atom stereocenters. The van der Waals surface area contributed by atoms with Gasteiger partial charge >= 0.3 is 0 Å². The van der Waals surface area contributed by atoms with Crippen LogP contribution in [0.3, 0.4) is 0 Å². The van der Waals surface area contributed by atoms with E-state index in [2.05, 4.69) is 5.32 Å². The molecule has 0 saturated heterocycles. The van der Waals surface area contributed by atoms with Crippen molar-refractivity contribution in [2.75, 3.05) is 24.5 Å². The Morgan fingerprint density at radius 2 is 1.57 bits per heavy atom. The summed E-state index contributed by atoms with van der Waals surface area (Å²) in [6.45, 7) is 4.98. The fourth-order valence-corrected chi connectivity index (χ4v) is 6.80. The molecule has 11 nitrogen and oxygen atoms in total. The van der Waals surface area contributed by atoms with Gasteiger partial charge < -0.3 is 15.0 Å². The molecule has 2 amide bonds. The van der Waals surface area contributed by atoms with Crippen molar-refractivity contribution in [1.29, 1.82) is 0 Å². The number of halogens is 1. The van der Waals surface area contributed by atoms with Gasteiger partial charge in [0.1, 0.15) is 18.3 Å². The summed E-state index contributed by atoms with van der Waals surface area (Å²) < 4.78 is 35.2. The summed E-state index contributed by atoms with van der Waals surface area (Å²) in [6.07, 6.45) is 0.154. The van der Waals surface area contributed by atoms with Crippen LogP contribution >= 0.6 is 11.6 Å². The number of ether oxygens (including phenoxy) is 1. The number of benzene rings is 4. The number of hydrogen-bond acceptors (Lipinski definition) is 7. The lowest BCUT2D eigenvalue weighted by molar-refractivity contribution is -0.385. The lowest BCUT2D eigenvalue weighted by Gasteiger charge is -2.34. The largest absolute Gasteiger partial charge is 0.495 e. The minimum Gasteiger partial charge on any atom is -0.495 e. The van der Waals surface area contributed by atoms with Crippen LogP contribution in [0.2, 0.25) is 5.02 Å². The third-order valence-electron chi connectivity index (χ3n) is 7.81. The summed E-state index contributed by atoms with van der Waals surface area (Å²) in [4.78, 5) is 40.6. The standard InChI is InChI=1S/C36H39ClN4O7S/c1-25(2)22-38-36(43)33(19-27-11-7-5-8-12-27)39(23-28-13-9-6-10-14-28)35(42)24-40(32-20-29(37)16-18-34(32)48-4)49(46,47)30-17-15-26(3)31(21-30)41(44)45/h5-18,20-21,25,33H,19,22-24H2,1-4H3,(H,38,43). The fraction of sp³-hybridized carbons (Fsp3) is 0.278. The molecule has 0 bridgehead atoms. The van der Waals surface area contributed by atoms with Crippen LogP contribution < -0.4 is 14.4 Å². The number of anilines is 1. The van der Waals surface area contributed by atoms with Crippen molar-refractivity contribution in [1.82, 2.24) is 10.2 Å². The Kier molecular flexibility index (Phi) is 12.4. The predicted molar refractivity (Wildman–Crippen MR) is 189 cm³/mol. The van der Waals surface area contributed by atoms with E-state index in [1.807, 2.05) is 62.4 Å². The van der Waals surface area contributed by atoms with Gasteiger partial charge in [0.2, 0.25) is 11.8 Å². The molecule has 0 spiro atoms. The van der Waals surface area contributed by atoms with Crippen molar-refractivity contribution in [3.63, 3.8) is 0 Å². The summed E-state index contributed by atoms with van der Waals surface area (Å²) in [6, 6.07) is 25.1. The topological polar surface area (TPSA) is 139 Å². The zero-order valence-electron chi connectivity index (χ0n) is 27.7. The molecule has 1 unspecified atom stereocenters. The Balaban J connectivity index is 1.87.